The molecule has 1 saturated heterocycles. The van der Waals surface area contributed by atoms with E-state index in [1.54, 1.807) is 11.0 Å². The van der Waals surface area contributed by atoms with Gasteiger partial charge in [-0.05, 0) is 17.7 Å². The van der Waals surface area contributed by atoms with E-state index in [2.05, 4.69) is 0 Å². The number of hydrogen-bond donors (Lipinski definition) is 2. The first-order chi connectivity index (χ1) is 7.08. The number of likely N-dealkylation sites (N-methyl/N-ethyl adjacent to an activating group) is 1. The summed E-state index contributed by atoms with van der Waals surface area (Å²) >= 11 is 0. The van der Waals surface area contributed by atoms with Gasteiger partial charge in [0, 0.05) is 25.9 Å². The lowest BCUT2D eigenvalue weighted by Gasteiger charge is -2.11. The number of hydrogen-bond acceptors (Lipinski definition) is 3. The number of anilines is 2. The number of amides is 1. The summed E-state index contributed by atoms with van der Waals surface area (Å²) in [4.78, 5) is 13.1. The smallest absolute Gasteiger partial charge is 0.223 e. The molecule has 1 amide bonds. The Morgan fingerprint density at radius 2 is 2.07 bits per heavy atom. The van der Waals surface area contributed by atoms with Gasteiger partial charge in [-0.15, -0.1) is 0 Å². The minimum Gasteiger partial charge on any atom is -0.397 e. The van der Waals surface area contributed by atoms with Gasteiger partial charge < -0.3 is 16.4 Å². The first-order valence-electron chi connectivity index (χ1n) is 4.97. The van der Waals surface area contributed by atoms with Gasteiger partial charge in [0.05, 0.1) is 11.4 Å². The van der Waals surface area contributed by atoms with E-state index in [1.807, 2.05) is 19.2 Å². The average molecular weight is 205 g/mol. The Balaban J connectivity index is 2.24. The van der Waals surface area contributed by atoms with Crippen LogP contribution in [0.3, 0.4) is 0 Å². The molecule has 4 nitrogen and oxygen atoms in total. The summed E-state index contributed by atoms with van der Waals surface area (Å²) in [7, 11) is 1.82. The summed E-state index contributed by atoms with van der Waals surface area (Å²) in [5, 5.41) is 0. The van der Waals surface area contributed by atoms with E-state index in [1.165, 1.54) is 0 Å². The lowest BCUT2D eigenvalue weighted by molar-refractivity contribution is -0.126. The molecule has 0 spiro atoms. The minimum absolute atomic E-state index is 0.190. The molecule has 15 heavy (non-hydrogen) atoms. The lowest BCUT2D eigenvalue weighted by atomic mass is 9.97. The quantitative estimate of drug-likeness (QED) is 0.666. The van der Waals surface area contributed by atoms with Crippen LogP contribution in [0, 0.1) is 0 Å². The monoisotopic (exact) mass is 205 g/mol. The maximum atomic E-state index is 11.4. The number of nitrogens with two attached hydrogens (primary N) is 2. The Morgan fingerprint density at radius 1 is 1.33 bits per heavy atom. The molecular formula is C11H15N3O. The molecule has 1 aliphatic heterocycles. The summed E-state index contributed by atoms with van der Waals surface area (Å²) in [5.74, 6) is 0.445. The third-order valence-electron chi connectivity index (χ3n) is 2.92. The van der Waals surface area contributed by atoms with Crippen LogP contribution in [-0.4, -0.2) is 24.4 Å². The lowest BCUT2D eigenvalue weighted by Crippen LogP contribution is -2.18. The van der Waals surface area contributed by atoms with Crippen molar-refractivity contribution >= 4 is 17.3 Å². The van der Waals surface area contributed by atoms with E-state index in [0.717, 1.165) is 12.1 Å². The topological polar surface area (TPSA) is 72.3 Å². The van der Waals surface area contributed by atoms with Crippen molar-refractivity contribution < 1.29 is 4.79 Å². The molecule has 0 radical (unpaired) electrons. The molecule has 0 aromatic heterocycles. The normalized spacial score (nSPS) is 21.0. The number of rotatable bonds is 1. The van der Waals surface area contributed by atoms with E-state index in [0.29, 0.717) is 17.8 Å². The van der Waals surface area contributed by atoms with Crippen LogP contribution in [0.2, 0.25) is 0 Å². The first-order valence-corrected chi connectivity index (χ1v) is 4.97. The molecule has 80 valence electrons. The van der Waals surface area contributed by atoms with Gasteiger partial charge in [0.25, 0.3) is 0 Å². The second-order valence-electron chi connectivity index (χ2n) is 4.06. The fourth-order valence-electron chi connectivity index (χ4n) is 1.93. The van der Waals surface area contributed by atoms with Gasteiger partial charge >= 0.3 is 0 Å². The predicted molar refractivity (Wildman–Crippen MR) is 60.3 cm³/mol. The van der Waals surface area contributed by atoms with E-state index in [9.17, 15) is 4.79 Å². The van der Waals surface area contributed by atoms with E-state index in [4.69, 9.17) is 11.5 Å². The highest BCUT2D eigenvalue weighted by atomic mass is 16.2. The predicted octanol–water partition coefficient (Wildman–Crippen LogP) is 0.797. The van der Waals surface area contributed by atoms with Crippen molar-refractivity contribution in [3.63, 3.8) is 0 Å². The first kappa shape index (κ1) is 9.83. The summed E-state index contributed by atoms with van der Waals surface area (Å²) in [6, 6.07) is 5.61. The molecule has 4 N–H and O–H groups in total. The summed E-state index contributed by atoms with van der Waals surface area (Å²) < 4.78 is 0. The van der Waals surface area contributed by atoms with Crippen LogP contribution in [0.5, 0.6) is 0 Å². The van der Waals surface area contributed by atoms with Gasteiger partial charge in [-0.25, -0.2) is 0 Å². The van der Waals surface area contributed by atoms with Crippen LogP contribution >= 0.6 is 0 Å². The minimum atomic E-state index is 0.190. The van der Waals surface area contributed by atoms with Gasteiger partial charge in [-0.1, -0.05) is 6.07 Å². The summed E-state index contributed by atoms with van der Waals surface area (Å²) in [6.07, 6.45) is 0.569. The molecule has 0 aliphatic carbocycles. The Labute approximate surface area is 88.9 Å². The molecule has 1 atom stereocenters. The van der Waals surface area contributed by atoms with Crippen molar-refractivity contribution in [3.05, 3.63) is 23.8 Å². The fraction of sp³-hybridized carbons (Fsp3) is 0.364. The number of nitrogens with zero attached hydrogens (tertiary/aromatic N) is 1. The summed E-state index contributed by atoms with van der Waals surface area (Å²) in [6.45, 7) is 0.766. The molecular weight excluding hydrogens is 190 g/mol. The molecule has 1 fully saturated rings. The Kier molecular flexibility index (Phi) is 2.26. The zero-order valence-corrected chi connectivity index (χ0v) is 8.73. The molecule has 1 aromatic carbocycles. The van der Waals surface area contributed by atoms with Crippen molar-refractivity contribution in [1.82, 2.24) is 4.90 Å². The van der Waals surface area contributed by atoms with Crippen LogP contribution in [0.1, 0.15) is 17.9 Å². The summed E-state index contributed by atoms with van der Waals surface area (Å²) in [5.41, 5.74) is 13.7. The van der Waals surface area contributed by atoms with Crippen LogP contribution < -0.4 is 11.5 Å². The zero-order chi connectivity index (χ0) is 11.0. The van der Waals surface area contributed by atoms with Crippen molar-refractivity contribution in [1.29, 1.82) is 0 Å². The van der Waals surface area contributed by atoms with E-state index >= 15 is 0 Å². The Hall–Kier alpha value is -1.71. The molecule has 1 aromatic rings. The van der Waals surface area contributed by atoms with Gasteiger partial charge in [-0.3, -0.25) is 4.79 Å². The third-order valence-corrected chi connectivity index (χ3v) is 2.92. The number of benzene rings is 1. The number of likely N-dealkylation sites (tertiary alicyclic amines) is 1. The highest BCUT2D eigenvalue weighted by Gasteiger charge is 2.27. The maximum Gasteiger partial charge on any atom is 0.223 e. The van der Waals surface area contributed by atoms with Gasteiger partial charge in [0.1, 0.15) is 0 Å². The van der Waals surface area contributed by atoms with E-state index < -0.39 is 0 Å². The van der Waals surface area contributed by atoms with Gasteiger partial charge in [-0.2, -0.15) is 0 Å². The van der Waals surface area contributed by atoms with E-state index in [-0.39, 0.29) is 11.8 Å². The largest absolute Gasteiger partial charge is 0.397 e. The van der Waals surface area contributed by atoms with Crippen LogP contribution in [0.25, 0.3) is 0 Å². The van der Waals surface area contributed by atoms with Crippen LogP contribution in [0.4, 0.5) is 11.4 Å². The van der Waals surface area contributed by atoms with Crippen LogP contribution in [-0.2, 0) is 4.79 Å². The molecule has 1 aliphatic rings. The molecule has 0 bridgehead atoms. The van der Waals surface area contributed by atoms with Crippen molar-refractivity contribution in [2.24, 2.45) is 0 Å². The fourth-order valence-corrected chi connectivity index (χ4v) is 1.93. The van der Waals surface area contributed by atoms with Gasteiger partial charge in [0.15, 0.2) is 0 Å². The number of nitrogen functional groups attached to an aromatic ring is 2. The van der Waals surface area contributed by atoms with Crippen LogP contribution in [0.15, 0.2) is 18.2 Å². The molecule has 2 rings (SSSR count). The number of carbonyl (C=O) groups is 1. The number of carbonyl (C=O) groups excluding carboxylic acids is 1. The molecule has 4 heteroatoms. The highest BCUT2D eigenvalue weighted by molar-refractivity contribution is 5.79. The zero-order valence-electron chi connectivity index (χ0n) is 8.73. The van der Waals surface area contributed by atoms with Crippen molar-refractivity contribution in [3.8, 4) is 0 Å². The van der Waals surface area contributed by atoms with Crippen molar-refractivity contribution in [2.75, 3.05) is 25.1 Å². The Morgan fingerprint density at radius 3 is 2.60 bits per heavy atom. The third kappa shape index (κ3) is 1.75. The highest BCUT2D eigenvalue weighted by Crippen LogP contribution is 2.29. The molecule has 1 heterocycles. The SMILES string of the molecule is CN1CC(c2ccc(N)c(N)c2)CC1=O. The molecule has 1 unspecified atom stereocenters. The second-order valence-corrected chi connectivity index (χ2v) is 4.06. The second kappa shape index (κ2) is 3.46. The standard InChI is InChI=1S/C11H15N3O/c1-14-6-8(5-11(14)15)7-2-3-9(12)10(13)4-7/h2-4,8H,5-6,12-13H2,1H3. The Bertz CT molecular complexity index is 403. The van der Waals surface area contributed by atoms with Gasteiger partial charge in [0.2, 0.25) is 5.91 Å². The van der Waals surface area contributed by atoms with Crippen molar-refractivity contribution in [2.45, 2.75) is 12.3 Å². The average Bonchev–Trinajstić information content (AvgIpc) is 2.52. The molecule has 0 saturated carbocycles. The maximum absolute atomic E-state index is 11.4.